The number of aliphatic hydroxyl groups is 1. The molecule has 3 rings (SSSR count). The molecular weight excluding hydrogens is 310 g/mol. The van der Waals surface area contributed by atoms with Gasteiger partial charge in [-0.2, -0.15) is 0 Å². The van der Waals surface area contributed by atoms with Crippen molar-refractivity contribution < 1.29 is 19.4 Å². The number of carbonyl (C=O) groups is 2. The van der Waals surface area contributed by atoms with Gasteiger partial charge in [-0.25, -0.2) is 9.78 Å². The predicted octanol–water partition coefficient (Wildman–Crippen LogP) is 1.14. The van der Waals surface area contributed by atoms with Crippen LogP contribution in [0.2, 0.25) is 0 Å². The molecule has 2 heterocycles. The molecule has 1 aliphatic rings. The second kappa shape index (κ2) is 6.09. The molecular formula is C17H19N3O4. The van der Waals surface area contributed by atoms with Crippen LogP contribution in [0, 0.1) is 0 Å². The highest BCUT2D eigenvalue weighted by molar-refractivity contribution is 5.94. The lowest BCUT2D eigenvalue weighted by atomic mass is 9.85. The fraction of sp³-hybridized carbons (Fsp3) is 0.353. The number of carbonyl (C=O) groups excluding carboxylic acids is 2. The van der Waals surface area contributed by atoms with Gasteiger partial charge < -0.3 is 19.7 Å². The fourth-order valence-electron chi connectivity index (χ4n) is 3.08. The molecule has 0 spiro atoms. The van der Waals surface area contributed by atoms with Gasteiger partial charge in [0.2, 0.25) is 0 Å². The van der Waals surface area contributed by atoms with Gasteiger partial charge in [0, 0.05) is 6.54 Å². The molecule has 0 bridgehead atoms. The number of rotatable bonds is 4. The summed E-state index contributed by atoms with van der Waals surface area (Å²) >= 11 is 0. The van der Waals surface area contributed by atoms with E-state index < -0.39 is 5.60 Å². The molecule has 2 N–H and O–H groups in total. The number of imidazole rings is 1. The molecule has 1 aromatic heterocycles. The van der Waals surface area contributed by atoms with Gasteiger partial charge in [0.05, 0.1) is 24.7 Å². The number of benzene rings is 1. The summed E-state index contributed by atoms with van der Waals surface area (Å²) in [7, 11) is 0. The standard InChI is InChI=1S/C17H19N3O4/c1-17(2)14(11-5-3-4-6-12(11)16(23)24-17)20-10-18-9-13(20)15(22)19-7-8-21/h3-6,9-10,14,21H,7-8H2,1-2H3,(H,19,22). The third-order valence-corrected chi connectivity index (χ3v) is 4.06. The number of nitrogens with zero attached hydrogens (tertiary/aromatic N) is 2. The zero-order valence-electron chi connectivity index (χ0n) is 13.5. The number of hydrogen-bond acceptors (Lipinski definition) is 5. The van der Waals surface area contributed by atoms with Crippen LogP contribution in [0.4, 0.5) is 0 Å². The van der Waals surface area contributed by atoms with Gasteiger partial charge in [0.1, 0.15) is 17.3 Å². The quantitative estimate of drug-likeness (QED) is 0.821. The molecule has 0 saturated carbocycles. The van der Waals surface area contributed by atoms with Crippen molar-refractivity contribution in [2.45, 2.75) is 25.5 Å². The number of hydrogen-bond donors (Lipinski definition) is 2. The van der Waals surface area contributed by atoms with Gasteiger partial charge in [-0.1, -0.05) is 18.2 Å². The van der Waals surface area contributed by atoms with E-state index in [1.54, 1.807) is 36.9 Å². The molecule has 0 fully saturated rings. The van der Waals surface area contributed by atoms with Crippen molar-refractivity contribution in [3.05, 3.63) is 53.6 Å². The van der Waals surface area contributed by atoms with Crippen molar-refractivity contribution in [2.24, 2.45) is 0 Å². The monoisotopic (exact) mass is 329 g/mol. The van der Waals surface area contributed by atoms with E-state index >= 15 is 0 Å². The van der Waals surface area contributed by atoms with E-state index in [1.807, 2.05) is 12.1 Å². The Labute approximate surface area is 139 Å². The molecule has 24 heavy (non-hydrogen) atoms. The average molecular weight is 329 g/mol. The van der Waals surface area contributed by atoms with Gasteiger partial charge in [-0.15, -0.1) is 0 Å². The van der Waals surface area contributed by atoms with Crippen LogP contribution in [0.25, 0.3) is 0 Å². The number of aromatic nitrogens is 2. The van der Waals surface area contributed by atoms with Crippen molar-refractivity contribution in [3.63, 3.8) is 0 Å². The van der Waals surface area contributed by atoms with Crippen LogP contribution in [0.1, 0.15) is 46.3 Å². The Hall–Kier alpha value is -2.67. The SMILES string of the molecule is CC1(C)OC(=O)c2ccccc2C1n1cncc1C(=O)NCCO. The maximum absolute atomic E-state index is 12.3. The van der Waals surface area contributed by atoms with E-state index in [9.17, 15) is 9.59 Å². The average Bonchev–Trinajstić information content (AvgIpc) is 3.01. The molecule has 7 heteroatoms. The van der Waals surface area contributed by atoms with Crippen molar-refractivity contribution in [3.8, 4) is 0 Å². The Morgan fingerprint density at radius 2 is 2.17 bits per heavy atom. The van der Waals surface area contributed by atoms with Crippen LogP contribution in [0.3, 0.4) is 0 Å². The number of nitrogens with one attached hydrogen (secondary N) is 1. The summed E-state index contributed by atoms with van der Waals surface area (Å²) in [6.45, 7) is 3.63. The number of fused-ring (bicyclic) bond motifs is 1. The number of amides is 1. The highest BCUT2D eigenvalue weighted by atomic mass is 16.6. The summed E-state index contributed by atoms with van der Waals surface area (Å²) in [6.07, 6.45) is 3.01. The van der Waals surface area contributed by atoms with Crippen LogP contribution < -0.4 is 5.32 Å². The van der Waals surface area contributed by atoms with Crippen LogP contribution in [0.5, 0.6) is 0 Å². The topological polar surface area (TPSA) is 93.5 Å². The highest BCUT2D eigenvalue weighted by Crippen LogP contribution is 2.40. The van der Waals surface area contributed by atoms with Crippen LogP contribution >= 0.6 is 0 Å². The first-order valence-electron chi connectivity index (χ1n) is 7.69. The number of ether oxygens (including phenoxy) is 1. The maximum atomic E-state index is 12.3. The molecule has 2 aromatic rings. The molecule has 0 aliphatic carbocycles. The lowest BCUT2D eigenvalue weighted by Gasteiger charge is -2.40. The molecule has 1 unspecified atom stereocenters. The third kappa shape index (κ3) is 2.67. The minimum atomic E-state index is -0.849. The lowest BCUT2D eigenvalue weighted by molar-refractivity contribution is -0.0263. The smallest absolute Gasteiger partial charge is 0.339 e. The second-order valence-electron chi connectivity index (χ2n) is 6.15. The molecule has 126 valence electrons. The largest absolute Gasteiger partial charge is 0.453 e. The van der Waals surface area contributed by atoms with Gasteiger partial charge in [-0.3, -0.25) is 4.79 Å². The fourth-order valence-corrected chi connectivity index (χ4v) is 3.08. The Kier molecular flexibility index (Phi) is 4.11. The van der Waals surface area contributed by atoms with Crippen molar-refractivity contribution in [1.82, 2.24) is 14.9 Å². The molecule has 1 amide bonds. The van der Waals surface area contributed by atoms with Crippen LogP contribution in [0.15, 0.2) is 36.8 Å². The summed E-state index contributed by atoms with van der Waals surface area (Å²) in [4.78, 5) is 28.6. The molecule has 1 aliphatic heterocycles. The summed E-state index contributed by atoms with van der Waals surface area (Å²) in [5.41, 5.74) is 0.762. The Bertz CT molecular complexity index is 782. The highest BCUT2D eigenvalue weighted by Gasteiger charge is 2.43. The number of cyclic esters (lactones) is 1. The Balaban J connectivity index is 2.09. The Morgan fingerprint density at radius 3 is 2.92 bits per heavy atom. The first-order valence-corrected chi connectivity index (χ1v) is 7.69. The zero-order valence-corrected chi connectivity index (χ0v) is 13.5. The summed E-state index contributed by atoms with van der Waals surface area (Å²) in [6, 6.07) is 6.81. The molecule has 0 saturated heterocycles. The summed E-state index contributed by atoms with van der Waals surface area (Å²) < 4.78 is 7.30. The first-order chi connectivity index (χ1) is 11.5. The minimum absolute atomic E-state index is 0.144. The molecule has 0 radical (unpaired) electrons. The minimum Gasteiger partial charge on any atom is -0.453 e. The maximum Gasteiger partial charge on any atom is 0.339 e. The summed E-state index contributed by atoms with van der Waals surface area (Å²) in [5.74, 6) is -0.718. The van der Waals surface area contributed by atoms with Crippen molar-refractivity contribution in [2.75, 3.05) is 13.2 Å². The first kappa shape index (κ1) is 16.2. The normalized spacial score (nSPS) is 18.6. The molecule has 1 aromatic carbocycles. The number of esters is 1. The van der Waals surface area contributed by atoms with E-state index in [4.69, 9.17) is 9.84 Å². The summed E-state index contributed by atoms with van der Waals surface area (Å²) in [5, 5.41) is 11.5. The van der Waals surface area contributed by atoms with E-state index in [0.717, 1.165) is 5.56 Å². The predicted molar refractivity (Wildman–Crippen MR) is 85.7 cm³/mol. The molecule has 7 nitrogen and oxygen atoms in total. The van der Waals surface area contributed by atoms with E-state index in [1.165, 1.54) is 6.20 Å². The van der Waals surface area contributed by atoms with Crippen molar-refractivity contribution >= 4 is 11.9 Å². The lowest BCUT2D eigenvalue weighted by Crippen LogP contribution is -2.44. The van der Waals surface area contributed by atoms with E-state index in [0.29, 0.717) is 11.3 Å². The van der Waals surface area contributed by atoms with E-state index in [2.05, 4.69) is 10.3 Å². The van der Waals surface area contributed by atoms with E-state index in [-0.39, 0.29) is 31.1 Å². The van der Waals surface area contributed by atoms with Gasteiger partial charge in [0.15, 0.2) is 0 Å². The zero-order chi connectivity index (χ0) is 17.3. The molecule has 1 atom stereocenters. The third-order valence-electron chi connectivity index (χ3n) is 4.06. The van der Waals surface area contributed by atoms with Crippen molar-refractivity contribution in [1.29, 1.82) is 0 Å². The number of aliphatic hydroxyl groups excluding tert-OH is 1. The Morgan fingerprint density at radius 1 is 1.42 bits per heavy atom. The second-order valence-corrected chi connectivity index (χ2v) is 6.15. The van der Waals surface area contributed by atoms with Gasteiger partial charge in [-0.05, 0) is 25.5 Å². The van der Waals surface area contributed by atoms with Crippen LogP contribution in [-0.2, 0) is 4.74 Å². The van der Waals surface area contributed by atoms with Crippen LogP contribution in [-0.4, -0.2) is 45.3 Å². The van der Waals surface area contributed by atoms with Gasteiger partial charge >= 0.3 is 5.97 Å². The van der Waals surface area contributed by atoms with Gasteiger partial charge in [0.25, 0.3) is 5.91 Å².